The van der Waals surface area contributed by atoms with Crippen molar-refractivity contribution >= 4 is 40.3 Å². The highest BCUT2D eigenvalue weighted by Crippen LogP contribution is 2.24. The van der Waals surface area contributed by atoms with E-state index in [0.717, 1.165) is 21.8 Å². The number of anilines is 1. The van der Waals surface area contributed by atoms with Gasteiger partial charge in [-0.15, -0.1) is 16.4 Å². The standard InChI is InChI=1S/C19H16ClN5OS/c1-11-13(10-17(26)22-15-7-4-3-6-14(15)20)12(2)25-19(21-11)23-18(24-25)16-8-5-9-27-16/h3-9H,10H2,1-2H3,(H,22,26). The van der Waals surface area contributed by atoms with Gasteiger partial charge in [-0.25, -0.2) is 9.50 Å². The Kier molecular flexibility index (Phi) is 4.63. The van der Waals surface area contributed by atoms with Crippen LogP contribution in [0.5, 0.6) is 0 Å². The first-order chi connectivity index (χ1) is 13.0. The number of nitrogens with one attached hydrogen (secondary N) is 1. The number of para-hydroxylation sites is 1. The average Bonchev–Trinajstić information content (AvgIpc) is 3.30. The monoisotopic (exact) mass is 397 g/mol. The third kappa shape index (κ3) is 3.43. The third-order valence-corrected chi connectivity index (χ3v) is 5.47. The molecule has 4 rings (SSSR count). The Balaban J connectivity index is 1.65. The topological polar surface area (TPSA) is 72.2 Å². The molecule has 3 aromatic heterocycles. The highest BCUT2D eigenvalue weighted by molar-refractivity contribution is 7.13. The van der Waals surface area contributed by atoms with Crippen LogP contribution in [0.2, 0.25) is 5.02 Å². The van der Waals surface area contributed by atoms with Crippen molar-refractivity contribution in [2.75, 3.05) is 5.32 Å². The van der Waals surface area contributed by atoms with Gasteiger partial charge in [0, 0.05) is 17.0 Å². The normalized spacial score (nSPS) is 11.1. The molecule has 27 heavy (non-hydrogen) atoms. The minimum atomic E-state index is -0.158. The Labute approximate surface area is 164 Å². The molecule has 0 aliphatic rings. The summed E-state index contributed by atoms with van der Waals surface area (Å²) >= 11 is 7.69. The number of nitrogens with zero attached hydrogens (tertiary/aromatic N) is 4. The van der Waals surface area contributed by atoms with Gasteiger partial charge in [-0.05, 0) is 37.4 Å². The van der Waals surface area contributed by atoms with E-state index >= 15 is 0 Å². The van der Waals surface area contributed by atoms with E-state index < -0.39 is 0 Å². The van der Waals surface area contributed by atoms with Crippen LogP contribution in [0.3, 0.4) is 0 Å². The highest BCUT2D eigenvalue weighted by atomic mass is 35.5. The second-order valence-electron chi connectivity index (χ2n) is 6.09. The number of amides is 1. The molecule has 0 radical (unpaired) electrons. The number of aryl methyl sites for hydroxylation is 2. The molecule has 1 aromatic carbocycles. The maximum atomic E-state index is 12.5. The molecule has 0 saturated heterocycles. The molecular weight excluding hydrogens is 382 g/mol. The summed E-state index contributed by atoms with van der Waals surface area (Å²) in [4.78, 5) is 22.5. The van der Waals surface area contributed by atoms with Crippen LogP contribution < -0.4 is 5.32 Å². The first-order valence-corrected chi connectivity index (χ1v) is 9.60. The lowest BCUT2D eigenvalue weighted by atomic mass is 10.1. The van der Waals surface area contributed by atoms with Crippen LogP contribution >= 0.6 is 22.9 Å². The van der Waals surface area contributed by atoms with Crippen molar-refractivity contribution in [3.63, 3.8) is 0 Å². The van der Waals surface area contributed by atoms with Gasteiger partial charge >= 0.3 is 0 Å². The molecule has 4 aromatic rings. The lowest BCUT2D eigenvalue weighted by Crippen LogP contribution is -2.18. The molecule has 0 saturated carbocycles. The molecule has 0 spiro atoms. The number of fused-ring (bicyclic) bond motifs is 1. The number of carbonyl (C=O) groups is 1. The first-order valence-electron chi connectivity index (χ1n) is 8.34. The van der Waals surface area contributed by atoms with Crippen molar-refractivity contribution in [1.82, 2.24) is 19.6 Å². The maximum absolute atomic E-state index is 12.5. The van der Waals surface area contributed by atoms with E-state index in [4.69, 9.17) is 11.6 Å². The average molecular weight is 398 g/mol. The largest absolute Gasteiger partial charge is 0.324 e. The SMILES string of the molecule is Cc1nc2nc(-c3cccs3)nn2c(C)c1CC(=O)Nc1ccccc1Cl. The van der Waals surface area contributed by atoms with Crippen LogP contribution in [-0.2, 0) is 11.2 Å². The zero-order valence-electron chi connectivity index (χ0n) is 14.7. The molecular formula is C19H16ClN5OS. The van der Waals surface area contributed by atoms with Gasteiger partial charge in [0.05, 0.1) is 22.0 Å². The maximum Gasteiger partial charge on any atom is 0.253 e. The second-order valence-corrected chi connectivity index (χ2v) is 7.45. The van der Waals surface area contributed by atoms with Crippen LogP contribution in [-0.4, -0.2) is 25.5 Å². The van der Waals surface area contributed by atoms with Gasteiger partial charge in [0.15, 0.2) is 5.82 Å². The molecule has 136 valence electrons. The van der Waals surface area contributed by atoms with Crippen LogP contribution in [0.15, 0.2) is 41.8 Å². The zero-order chi connectivity index (χ0) is 19.0. The third-order valence-electron chi connectivity index (χ3n) is 4.28. The van der Waals surface area contributed by atoms with Gasteiger partial charge in [-0.2, -0.15) is 4.98 Å². The van der Waals surface area contributed by atoms with Crippen molar-refractivity contribution in [2.45, 2.75) is 20.3 Å². The summed E-state index contributed by atoms with van der Waals surface area (Å²) in [7, 11) is 0. The molecule has 0 aliphatic carbocycles. The lowest BCUT2D eigenvalue weighted by Gasteiger charge is -2.11. The number of aromatic nitrogens is 4. The smallest absolute Gasteiger partial charge is 0.253 e. The van der Waals surface area contributed by atoms with E-state index in [9.17, 15) is 4.79 Å². The van der Waals surface area contributed by atoms with Crippen molar-refractivity contribution in [3.8, 4) is 10.7 Å². The number of rotatable bonds is 4. The highest BCUT2D eigenvalue weighted by Gasteiger charge is 2.17. The molecule has 1 amide bonds. The molecule has 0 aliphatic heterocycles. The minimum absolute atomic E-state index is 0.158. The Morgan fingerprint density at radius 1 is 1.19 bits per heavy atom. The number of carbonyl (C=O) groups excluding carboxylic acids is 1. The Hall–Kier alpha value is -2.77. The number of hydrogen-bond donors (Lipinski definition) is 1. The Morgan fingerprint density at radius 2 is 2.00 bits per heavy atom. The van der Waals surface area contributed by atoms with Gasteiger partial charge in [-0.1, -0.05) is 29.8 Å². The van der Waals surface area contributed by atoms with Gasteiger partial charge < -0.3 is 5.32 Å². The Bertz CT molecular complexity index is 1140. The van der Waals surface area contributed by atoms with E-state index in [1.807, 2.05) is 43.5 Å². The van der Waals surface area contributed by atoms with Crippen LogP contribution in [0.1, 0.15) is 17.0 Å². The minimum Gasteiger partial charge on any atom is -0.324 e. The summed E-state index contributed by atoms with van der Waals surface area (Å²) in [5.74, 6) is 1.01. The predicted molar refractivity (Wildman–Crippen MR) is 107 cm³/mol. The number of hydrogen-bond acceptors (Lipinski definition) is 5. The van der Waals surface area contributed by atoms with Crippen molar-refractivity contribution in [1.29, 1.82) is 0 Å². The van der Waals surface area contributed by atoms with Gasteiger partial charge in [0.25, 0.3) is 5.78 Å². The first kappa shape index (κ1) is 17.6. The molecule has 0 fully saturated rings. The van der Waals surface area contributed by atoms with Gasteiger partial charge in [-0.3, -0.25) is 4.79 Å². The van der Waals surface area contributed by atoms with Gasteiger partial charge in [0.2, 0.25) is 5.91 Å². The van der Waals surface area contributed by atoms with E-state index in [1.54, 1.807) is 28.0 Å². The van der Waals surface area contributed by atoms with Crippen LogP contribution in [0, 0.1) is 13.8 Å². The second kappa shape index (κ2) is 7.09. The molecule has 6 nitrogen and oxygen atoms in total. The summed E-state index contributed by atoms with van der Waals surface area (Å²) in [6.45, 7) is 3.80. The Morgan fingerprint density at radius 3 is 2.74 bits per heavy atom. The number of thiophene rings is 1. The van der Waals surface area contributed by atoms with Crippen molar-refractivity contribution in [3.05, 3.63) is 63.8 Å². The molecule has 0 atom stereocenters. The number of benzene rings is 1. The summed E-state index contributed by atoms with van der Waals surface area (Å²) in [6.07, 6.45) is 0.181. The molecule has 0 unspecified atom stereocenters. The summed E-state index contributed by atoms with van der Waals surface area (Å²) in [5, 5.41) is 9.90. The van der Waals surface area contributed by atoms with E-state index in [2.05, 4.69) is 20.4 Å². The molecule has 3 heterocycles. The fourth-order valence-electron chi connectivity index (χ4n) is 2.89. The molecule has 0 bridgehead atoms. The van der Waals surface area contributed by atoms with Crippen LogP contribution in [0.4, 0.5) is 5.69 Å². The predicted octanol–water partition coefficient (Wildman–Crippen LogP) is 4.30. The zero-order valence-corrected chi connectivity index (χ0v) is 16.3. The van der Waals surface area contributed by atoms with E-state index in [1.165, 1.54) is 0 Å². The van der Waals surface area contributed by atoms with E-state index in [0.29, 0.717) is 22.3 Å². The summed E-state index contributed by atoms with van der Waals surface area (Å²) in [6, 6.07) is 11.1. The number of halogens is 1. The molecule has 1 N–H and O–H groups in total. The fraction of sp³-hybridized carbons (Fsp3) is 0.158. The fourth-order valence-corrected chi connectivity index (χ4v) is 3.73. The summed E-state index contributed by atoms with van der Waals surface area (Å²) in [5.41, 5.74) is 3.03. The lowest BCUT2D eigenvalue weighted by molar-refractivity contribution is -0.115. The van der Waals surface area contributed by atoms with Crippen LogP contribution in [0.25, 0.3) is 16.5 Å². The molecule has 8 heteroatoms. The van der Waals surface area contributed by atoms with Crippen molar-refractivity contribution < 1.29 is 4.79 Å². The van der Waals surface area contributed by atoms with E-state index in [-0.39, 0.29) is 12.3 Å². The van der Waals surface area contributed by atoms with Crippen molar-refractivity contribution in [2.24, 2.45) is 0 Å². The summed E-state index contributed by atoms with van der Waals surface area (Å²) < 4.78 is 1.69. The van der Waals surface area contributed by atoms with Gasteiger partial charge in [0.1, 0.15) is 0 Å². The quantitative estimate of drug-likeness (QED) is 0.557.